The van der Waals surface area contributed by atoms with Crippen LogP contribution < -0.4 is 20.1 Å². The summed E-state index contributed by atoms with van der Waals surface area (Å²) in [6.07, 6.45) is 0. The van der Waals surface area contributed by atoms with Gasteiger partial charge in [-0.05, 0) is 30.0 Å². The van der Waals surface area contributed by atoms with Gasteiger partial charge in [0.25, 0.3) is 5.91 Å². The zero-order valence-corrected chi connectivity index (χ0v) is 14.0. The molecule has 0 aliphatic carbocycles. The Labute approximate surface area is 138 Å². The van der Waals surface area contributed by atoms with E-state index in [4.69, 9.17) is 9.47 Å². The second-order valence-corrected chi connectivity index (χ2v) is 5.68. The Bertz CT molecular complexity index is 698. The number of carbonyl (C=O) groups excluding carboxylic acids is 2. The summed E-state index contributed by atoms with van der Waals surface area (Å²) in [7, 11) is 3.08. The fourth-order valence-electron chi connectivity index (χ4n) is 1.97. The van der Waals surface area contributed by atoms with Gasteiger partial charge >= 0.3 is 0 Å². The van der Waals surface area contributed by atoms with E-state index in [1.165, 1.54) is 18.4 Å². The van der Waals surface area contributed by atoms with Crippen molar-refractivity contribution in [3.8, 4) is 11.5 Å². The van der Waals surface area contributed by atoms with Gasteiger partial charge in [-0.3, -0.25) is 9.59 Å². The molecular formula is C16H18N2O4S. The van der Waals surface area contributed by atoms with Crippen LogP contribution in [0.1, 0.15) is 15.2 Å². The molecule has 2 aromatic rings. The predicted octanol–water partition coefficient (Wildman–Crippen LogP) is 2.44. The SMILES string of the molecule is COc1cc(C)c(NC(=O)CNC(=O)c2cccs2)cc1OC. The molecule has 23 heavy (non-hydrogen) atoms. The quantitative estimate of drug-likeness (QED) is 0.851. The molecule has 0 unspecified atom stereocenters. The number of anilines is 1. The number of hydrogen-bond acceptors (Lipinski definition) is 5. The monoisotopic (exact) mass is 334 g/mol. The summed E-state index contributed by atoms with van der Waals surface area (Å²) >= 11 is 1.32. The molecule has 0 aliphatic rings. The Balaban J connectivity index is 1.98. The lowest BCUT2D eigenvalue weighted by Crippen LogP contribution is -2.32. The Hall–Kier alpha value is -2.54. The van der Waals surface area contributed by atoms with Crippen molar-refractivity contribution in [2.75, 3.05) is 26.1 Å². The number of ether oxygens (including phenoxy) is 2. The van der Waals surface area contributed by atoms with E-state index in [0.29, 0.717) is 22.1 Å². The summed E-state index contributed by atoms with van der Waals surface area (Å²) in [6.45, 7) is 1.74. The molecule has 0 fully saturated rings. The standard InChI is InChI=1S/C16H18N2O4S/c1-10-7-12(21-2)13(22-3)8-11(10)18-15(19)9-17-16(20)14-5-4-6-23-14/h4-8H,9H2,1-3H3,(H,17,20)(H,18,19). The molecule has 1 heterocycles. The third-order valence-electron chi connectivity index (χ3n) is 3.16. The lowest BCUT2D eigenvalue weighted by Gasteiger charge is -2.13. The fraction of sp³-hybridized carbons (Fsp3) is 0.250. The van der Waals surface area contributed by atoms with Gasteiger partial charge in [-0.15, -0.1) is 11.3 Å². The summed E-state index contributed by atoms with van der Waals surface area (Å²) in [6, 6.07) is 6.95. The summed E-state index contributed by atoms with van der Waals surface area (Å²) < 4.78 is 10.4. The molecule has 2 amide bonds. The number of nitrogens with one attached hydrogen (secondary N) is 2. The minimum Gasteiger partial charge on any atom is -0.493 e. The molecule has 0 bridgehead atoms. The van der Waals surface area contributed by atoms with Gasteiger partial charge in [0.15, 0.2) is 11.5 Å². The smallest absolute Gasteiger partial charge is 0.261 e. The van der Waals surface area contributed by atoms with E-state index in [0.717, 1.165) is 5.56 Å². The Morgan fingerprint density at radius 1 is 1.17 bits per heavy atom. The van der Waals surface area contributed by atoms with E-state index in [-0.39, 0.29) is 18.4 Å². The molecule has 122 valence electrons. The van der Waals surface area contributed by atoms with Gasteiger partial charge in [0.1, 0.15) is 0 Å². The fourth-order valence-corrected chi connectivity index (χ4v) is 2.61. The third-order valence-corrected chi connectivity index (χ3v) is 4.03. The van der Waals surface area contributed by atoms with Crippen molar-refractivity contribution in [3.05, 3.63) is 40.1 Å². The molecule has 1 aromatic heterocycles. The van der Waals surface area contributed by atoms with Gasteiger partial charge in [-0.1, -0.05) is 6.07 Å². The highest BCUT2D eigenvalue weighted by atomic mass is 32.1. The van der Waals surface area contributed by atoms with Crippen molar-refractivity contribution in [2.45, 2.75) is 6.92 Å². The largest absolute Gasteiger partial charge is 0.493 e. The van der Waals surface area contributed by atoms with Crippen LogP contribution in [0.5, 0.6) is 11.5 Å². The van der Waals surface area contributed by atoms with E-state index in [9.17, 15) is 9.59 Å². The van der Waals surface area contributed by atoms with E-state index in [2.05, 4.69) is 10.6 Å². The van der Waals surface area contributed by atoms with Crippen molar-refractivity contribution in [1.82, 2.24) is 5.32 Å². The van der Waals surface area contributed by atoms with Crippen LogP contribution >= 0.6 is 11.3 Å². The van der Waals surface area contributed by atoms with Gasteiger partial charge in [-0.25, -0.2) is 0 Å². The topological polar surface area (TPSA) is 76.7 Å². The number of methoxy groups -OCH3 is 2. The molecule has 0 saturated heterocycles. The number of thiophene rings is 1. The first-order chi connectivity index (χ1) is 11.0. The van der Waals surface area contributed by atoms with Gasteiger partial charge in [0, 0.05) is 11.8 Å². The molecule has 6 nitrogen and oxygen atoms in total. The molecule has 0 saturated carbocycles. The first-order valence-corrected chi connectivity index (χ1v) is 7.77. The lowest BCUT2D eigenvalue weighted by molar-refractivity contribution is -0.115. The van der Waals surface area contributed by atoms with Gasteiger partial charge in [0.05, 0.1) is 25.6 Å². The van der Waals surface area contributed by atoms with E-state index in [1.54, 1.807) is 31.4 Å². The number of carbonyl (C=O) groups is 2. The lowest BCUT2D eigenvalue weighted by atomic mass is 10.1. The van der Waals surface area contributed by atoms with E-state index in [1.807, 2.05) is 12.3 Å². The number of amides is 2. The second-order valence-electron chi connectivity index (χ2n) is 4.73. The van der Waals surface area contributed by atoms with Crippen molar-refractivity contribution in [2.24, 2.45) is 0 Å². The van der Waals surface area contributed by atoms with Gasteiger partial charge in [-0.2, -0.15) is 0 Å². The third kappa shape index (κ3) is 4.23. The van der Waals surface area contributed by atoms with Crippen LogP contribution in [0.15, 0.2) is 29.6 Å². The van der Waals surface area contributed by atoms with Crippen LogP contribution in [0.4, 0.5) is 5.69 Å². The maximum absolute atomic E-state index is 12.0. The predicted molar refractivity (Wildman–Crippen MR) is 89.6 cm³/mol. The van der Waals surface area contributed by atoms with Crippen LogP contribution in [0, 0.1) is 6.92 Å². The molecule has 0 radical (unpaired) electrons. The normalized spacial score (nSPS) is 10.0. The minimum absolute atomic E-state index is 0.107. The van der Waals surface area contributed by atoms with Crippen molar-refractivity contribution >= 4 is 28.8 Å². The van der Waals surface area contributed by atoms with Crippen molar-refractivity contribution in [1.29, 1.82) is 0 Å². The molecule has 0 spiro atoms. The van der Waals surface area contributed by atoms with Gasteiger partial charge < -0.3 is 20.1 Å². The van der Waals surface area contributed by atoms with Crippen LogP contribution in [0.2, 0.25) is 0 Å². The zero-order chi connectivity index (χ0) is 16.8. The number of rotatable bonds is 6. The second kappa shape index (κ2) is 7.64. The Morgan fingerprint density at radius 2 is 1.87 bits per heavy atom. The highest BCUT2D eigenvalue weighted by Gasteiger charge is 2.12. The van der Waals surface area contributed by atoms with E-state index >= 15 is 0 Å². The maximum atomic E-state index is 12.0. The molecular weight excluding hydrogens is 316 g/mol. The first-order valence-electron chi connectivity index (χ1n) is 6.89. The number of hydrogen-bond donors (Lipinski definition) is 2. The average molecular weight is 334 g/mol. The van der Waals surface area contributed by atoms with Crippen LogP contribution in [0.3, 0.4) is 0 Å². The summed E-state index contributed by atoms with van der Waals surface area (Å²) in [5.74, 6) is 0.537. The average Bonchev–Trinajstić information content (AvgIpc) is 3.08. The highest BCUT2D eigenvalue weighted by Crippen LogP contribution is 2.32. The minimum atomic E-state index is -0.315. The zero-order valence-electron chi connectivity index (χ0n) is 13.1. The van der Waals surface area contributed by atoms with Gasteiger partial charge in [0.2, 0.25) is 5.91 Å². The number of aryl methyl sites for hydroxylation is 1. The van der Waals surface area contributed by atoms with Crippen LogP contribution in [-0.2, 0) is 4.79 Å². The molecule has 2 N–H and O–H groups in total. The number of benzene rings is 1. The summed E-state index contributed by atoms with van der Waals surface area (Å²) in [5.41, 5.74) is 1.44. The summed E-state index contributed by atoms with van der Waals surface area (Å²) in [4.78, 5) is 24.4. The summed E-state index contributed by atoms with van der Waals surface area (Å²) in [5, 5.41) is 7.14. The maximum Gasteiger partial charge on any atom is 0.261 e. The molecule has 2 rings (SSSR count). The molecule has 7 heteroatoms. The molecule has 0 atom stereocenters. The van der Waals surface area contributed by atoms with Crippen molar-refractivity contribution in [3.63, 3.8) is 0 Å². The first kappa shape index (κ1) is 16.8. The van der Waals surface area contributed by atoms with Crippen LogP contribution in [0.25, 0.3) is 0 Å². The van der Waals surface area contributed by atoms with E-state index < -0.39 is 0 Å². The highest BCUT2D eigenvalue weighted by molar-refractivity contribution is 7.12. The van der Waals surface area contributed by atoms with Crippen LogP contribution in [-0.4, -0.2) is 32.6 Å². The Kier molecular flexibility index (Phi) is 5.59. The molecule has 1 aromatic carbocycles. The van der Waals surface area contributed by atoms with Crippen molar-refractivity contribution < 1.29 is 19.1 Å². The Morgan fingerprint density at radius 3 is 2.48 bits per heavy atom. The molecule has 0 aliphatic heterocycles.